The van der Waals surface area contributed by atoms with Crippen molar-refractivity contribution in [1.29, 1.82) is 0 Å². The van der Waals surface area contributed by atoms with Crippen LogP contribution in [0.1, 0.15) is 25.7 Å². The first-order valence-corrected chi connectivity index (χ1v) is 7.27. The summed E-state index contributed by atoms with van der Waals surface area (Å²) in [5, 5.41) is 10.1. The molecule has 0 saturated heterocycles. The van der Waals surface area contributed by atoms with Crippen LogP contribution in [0.2, 0.25) is 0 Å². The van der Waals surface area contributed by atoms with Crippen LogP contribution in [-0.4, -0.2) is 25.7 Å². The van der Waals surface area contributed by atoms with Gasteiger partial charge in [-0.15, -0.1) is 0 Å². The second-order valence-corrected chi connectivity index (χ2v) is 6.34. The molecule has 0 bridgehead atoms. The summed E-state index contributed by atoms with van der Waals surface area (Å²) in [6, 6.07) is 8.21. The van der Waals surface area contributed by atoms with E-state index in [2.05, 4.69) is 4.72 Å². The van der Waals surface area contributed by atoms with Crippen LogP contribution in [0.15, 0.2) is 35.2 Å². The summed E-state index contributed by atoms with van der Waals surface area (Å²) in [5.74, 6) is 0. The maximum absolute atomic E-state index is 11.9. The second kappa shape index (κ2) is 4.76. The van der Waals surface area contributed by atoms with E-state index in [9.17, 15) is 13.5 Å². The Balaban J connectivity index is 2.04. The van der Waals surface area contributed by atoms with Crippen LogP contribution < -0.4 is 4.72 Å². The van der Waals surface area contributed by atoms with Gasteiger partial charge < -0.3 is 5.11 Å². The van der Waals surface area contributed by atoms with Crippen LogP contribution in [0.3, 0.4) is 0 Å². The summed E-state index contributed by atoms with van der Waals surface area (Å²) in [7, 11) is -3.50. The zero-order valence-corrected chi connectivity index (χ0v) is 10.4. The molecule has 1 aromatic carbocycles. The van der Waals surface area contributed by atoms with Crippen LogP contribution in [0.4, 0.5) is 0 Å². The van der Waals surface area contributed by atoms with Crippen molar-refractivity contribution in [1.82, 2.24) is 4.72 Å². The van der Waals surface area contributed by atoms with Gasteiger partial charge in [0.1, 0.15) is 0 Å². The highest BCUT2D eigenvalue weighted by Crippen LogP contribution is 2.28. The van der Waals surface area contributed by atoms with Crippen molar-refractivity contribution in [2.45, 2.75) is 36.2 Å². The number of hydrogen-bond acceptors (Lipinski definition) is 3. The molecule has 0 unspecified atom stereocenters. The van der Waals surface area contributed by atoms with Gasteiger partial charge in [-0.05, 0) is 25.0 Å². The van der Waals surface area contributed by atoms with Crippen molar-refractivity contribution in [2.75, 3.05) is 6.54 Å². The molecule has 1 aromatic rings. The summed E-state index contributed by atoms with van der Waals surface area (Å²) >= 11 is 0. The topological polar surface area (TPSA) is 66.4 Å². The fraction of sp³-hybridized carbons (Fsp3) is 0.500. The Morgan fingerprint density at radius 3 is 2.35 bits per heavy atom. The molecule has 17 heavy (non-hydrogen) atoms. The van der Waals surface area contributed by atoms with E-state index in [1.807, 2.05) is 0 Å². The second-order valence-electron chi connectivity index (χ2n) is 4.57. The molecule has 2 N–H and O–H groups in total. The summed E-state index contributed by atoms with van der Waals surface area (Å²) in [6.07, 6.45) is 3.27. The predicted octanol–water partition coefficient (Wildman–Crippen LogP) is 1.27. The molecule has 0 atom stereocenters. The summed E-state index contributed by atoms with van der Waals surface area (Å²) in [6.45, 7) is 0.101. The molecule has 1 saturated carbocycles. The Labute approximate surface area is 102 Å². The van der Waals surface area contributed by atoms with E-state index in [-0.39, 0.29) is 11.4 Å². The Morgan fingerprint density at radius 2 is 1.76 bits per heavy atom. The largest absolute Gasteiger partial charge is 0.389 e. The lowest BCUT2D eigenvalue weighted by atomic mass is 10.0. The highest BCUT2D eigenvalue weighted by molar-refractivity contribution is 7.89. The Morgan fingerprint density at radius 1 is 1.18 bits per heavy atom. The summed E-state index contributed by atoms with van der Waals surface area (Å²) < 4.78 is 26.3. The van der Waals surface area contributed by atoms with E-state index in [0.717, 1.165) is 12.8 Å². The van der Waals surface area contributed by atoms with Crippen molar-refractivity contribution in [3.63, 3.8) is 0 Å². The fourth-order valence-corrected chi connectivity index (χ4v) is 3.26. The van der Waals surface area contributed by atoms with Crippen molar-refractivity contribution < 1.29 is 13.5 Å². The third kappa shape index (κ3) is 3.06. The molecule has 0 amide bonds. The normalized spacial score (nSPS) is 19.4. The van der Waals surface area contributed by atoms with Crippen molar-refractivity contribution in [3.8, 4) is 0 Å². The average Bonchev–Trinajstić information content (AvgIpc) is 2.76. The third-order valence-corrected chi connectivity index (χ3v) is 4.60. The Hall–Kier alpha value is -0.910. The van der Waals surface area contributed by atoms with Gasteiger partial charge in [0.05, 0.1) is 10.5 Å². The van der Waals surface area contributed by atoms with Crippen LogP contribution in [-0.2, 0) is 10.0 Å². The van der Waals surface area contributed by atoms with Gasteiger partial charge in [-0.1, -0.05) is 31.0 Å². The van der Waals surface area contributed by atoms with E-state index >= 15 is 0 Å². The molecule has 1 aliphatic rings. The van der Waals surface area contributed by atoms with E-state index in [4.69, 9.17) is 0 Å². The lowest BCUT2D eigenvalue weighted by molar-refractivity contribution is 0.0532. The average molecular weight is 255 g/mol. The van der Waals surface area contributed by atoms with Crippen LogP contribution >= 0.6 is 0 Å². The quantitative estimate of drug-likeness (QED) is 0.851. The minimum Gasteiger partial charge on any atom is -0.389 e. The first-order chi connectivity index (χ1) is 8.02. The van der Waals surface area contributed by atoms with Gasteiger partial charge in [0, 0.05) is 6.54 Å². The standard InChI is InChI=1S/C12H17NO3S/c14-12(8-4-5-9-12)10-13-17(15,16)11-6-2-1-3-7-11/h1-3,6-7,13-14H,4-5,8-10H2. The Bertz CT molecular complexity index is 464. The molecule has 4 nitrogen and oxygen atoms in total. The molecule has 0 heterocycles. The fourth-order valence-electron chi connectivity index (χ4n) is 2.12. The van der Waals surface area contributed by atoms with Gasteiger partial charge in [0.25, 0.3) is 0 Å². The van der Waals surface area contributed by atoms with Crippen LogP contribution in [0.5, 0.6) is 0 Å². The van der Waals surface area contributed by atoms with Gasteiger partial charge in [-0.3, -0.25) is 0 Å². The Kier molecular flexibility index (Phi) is 3.51. The van der Waals surface area contributed by atoms with Gasteiger partial charge in [0.2, 0.25) is 10.0 Å². The number of sulfonamides is 1. The van der Waals surface area contributed by atoms with E-state index < -0.39 is 15.6 Å². The molecule has 0 aliphatic heterocycles. The zero-order chi connectivity index (χ0) is 12.4. The molecule has 1 aliphatic carbocycles. The zero-order valence-electron chi connectivity index (χ0n) is 9.59. The monoisotopic (exact) mass is 255 g/mol. The molecule has 0 aromatic heterocycles. The highest BCUT2D eigenvalue weighted by Gasteiger charge is 2.32. The first kappa shape index (κ1) is 12.5. The number of aliphatic hydroxyl groups is 1. The minimum absolute atomic E-state index is 0.101. The van der Waals surface area contributed by atoms with E-state index in [1.54, 1.807) is 30.3 Å². The molecule has 2 rings (SSSR count). The lowest BCUT2D eigenvalue weighted by Crippen LogP contribution is -2.40. The lowest BCUT2D eigenvalue weighted by Gasteiger charge is -2.22. The molecule has 0 spiro atoms. The molecule has 5 heteroatoms. The molecular formula is C12H17NO3S. The number of benzene rings is 1. The van der Waals surface area contributed by atoms with Crippen molar-refractivity contribution >= 4 is 10.0 Å². The minimum atomic E-state index is -3.50. The van der Waals surface area contributed by atoms with Crippen molar-refractivity contribution in [3.05, 3.63) is 30.3 Å². The molecular weight excluding hydrogens is 238 g/mol. The number of rotatable bonds is 4. The SMILES string of the molecule is O=S(=O)(NCC1(O)CCCC1)c1ccccc1. The maximum atomic E-state index is 11.9. The van der Waals surface area contributed by atoms with Gasteiger partial charge in [-0.25, -0.2) is 13.1 Å². The van der Waals surface area contributed by atoms with E-state index in [1.165, 1.54) is 0 Å². The summed E-state index contributed by atoms with van der Waals surface area (Å²) in [5.41, 5.74) is -0.859. The smallest absolute Gasteiger partial charge is 0.240 e. The maximum Gasteiger partial charge on any atom is 0.240 e. The molecule has 1 fully saturated rings. The third-order valence-electron chi connectivity index (χ3n) is 3.18. The number of nitrogens with one attached hydrogen (secondary N) is 1. The highest BCUT2D eigenvalue weighted by atomic mass is 32.2. The van der Waals surface area contributed by atoms with Gasteiger partial charge in [-0.2, -0.15) is 0 Å². The molecule has 94 valence electrons. The van der Waals surface area contributed by atoms with Crippen LogP contribution in [0.25, 0.3) is 0 Å². The number of hydrogen-bond donors (Lipinski definition) is 2. The van der Waals surface area contributed by atoms with Gasteiger partial charge >= 0.3 is 0 Å². The van der Waals surface area contributed by atoms with Crippen LogP contribution in [0, 0.1) is 0 Å². The molecule has 0 radical (unpaired) electrons. The van der Waals surface area contributed by atoms with Crippen molar-refractivity contribution in [2.24, 2.45) is 0 Å². The first-order valence-electron chi connectivity index (χ1n) is 5.79. The van der Waals surface area contributed by atoms with E-state index in [0.29, 0.717) is 12.8 Å². The predicted molar refractivity (Wildman–Crippen MR) is 65.0 cm³/mol. The summed E-state index contributed by atoms with van der Waals surface area (Å²) in [4.78, 5) is 0.238. The van der Waals surface area contributed by atoms with Gasteiger partial charge in [0.15, 0.2) is 0 Å².